The summed E-state index contributed by atoms with van der Waals surface area (Å²) in [6, 6.07) is 10.5. The zero-order valence-corrected chi connectivity index (χ0v) is 19.1. The fourth-order valence-electron chi connectivity index (χ4n) is 4.20. The monoisotopic (exact) mass is 436 g/mol. The number of amides is 1. The molecular formula is C25H28N2O5. The van der Waals surface area contributed by atoms with E-state index in [1.807, 2.05) is 50.2 Å². The number of likely N-dealkylation sites (N-methyl/N-ethyl adjacent to an activating group) is 1. The van der Waals surface area contributed by atoms with E-state index in [0.717, 1.165) is 17.5 Å². The van der Waals surface area contributed by atoms with Crippen LogP contribution in [0.2, 0.25) is 0 Å². The van der Waals surface area contributed by atoms with Gasteiger partial charge in [-0.1, -0.05) is 19.1 Å². The number of benzene rings is 2. The Labute approximate surface area is 187 Å². The summed E-state index contributed by atoms with van der Waals surface area (Å²) in [6.07, 6.45) is 0.805. The number of carbonyl (C=O) groups excluding carboxylic acids is 1. The Morgan fingerprint density at radius 2 is 1.78 bits per heavy atom. The maximum atomic E-state index is 13.7. The van der Waals surface area contributed by atoms with Crippen LogP contribution in [-0.2, 0) is 6.42 Å². The molecule has 0 saturated carbocycles. The van der Waals surface area contributed by atoms with Crippen molar-refractivity contribution in [3.63, 3.8) is 0 Å². The fourth-order valence-corrected chi connectivity index (χ4v) is 4.20. The summed E-state index contributed by atoms with van der Waals surface area (Å²) in [5.74, 6) is 0.959. The van der Waals surface area contributed by atoms with Gasteiger partial charge in [0.2, 0.25) is 5.76 Å². The molecule has 1 unspecified atom stereocenters. The van der Waals surface area contributed by atoms with Gasteiger partial charge in [-0.2, -0.15) is 0 Å². The van der Waals surface area contributed by atoms with Crippen LogP contribution in [0.15, 0.2) is 45.6 Å². The third kappa shape index (κ3) is 3.62. The molecule has 0 bridgehead atoms. The van der Waals surface area contributed by atoms with Crippen molar-refractivity contribution in [1.82, 2.24) is 9.80 Å². The van der Waals surface area contributed by atoms with Gasteiger partial charge in [-0.05, 0) is 55.9 Å². The standard InChI is InChI=1S/C25H28N2O5/c1-6-15-7-9-18-17(13-15)23(28)21-22(16-8-10-19(30-4)20(14-16)31-5)27(12-11-26(2)3)25(29)24(21)32-18/h7-10,13-14,22H,6,11-12H2,1-5H3. The summed E-state index contributed by atoms with van der Waals surface area (Å²) in [5.41, 5.74) is 2.45. The van der Waals surface area contributed by atoms with Gasteiger partial charge < -0.3 is 23.7 Å². The molecular weight excluding hydrogens is 408 g/mol. The summed E-state index contributed by atoms with van der Waals surface area (Å²) in [7, 11) is 7.03. The van der Waals surface area contributed by atoms with E-state index in [-0.39, 0.29) is 17.1 Å². The Hall–Kier alpha value is -3.32. The van der Waals surface area contributed by atoms with Gasteiger partial charge in [-0.25, -0.2) is 0 Å². The zero-order valence-electron chi connectivity index (χ0n) is 19.1. The van der Waals surface area contributed by atoms with E-state index in [2.05, 4.69) is 0 Å². The van der Waals surface area contributed by atoms with Gasteiger partial charge in [0, 0.05) is 13.1 Å². The van der Waals surface area contributed by atoms with Crippen molar-refractivity contribution in [1.29, 1.82) is 0 Å². The molecule has 168 valence electrons. The Morgan fingerprint density at radius 3 is 2.44 bits per heavy atom. The molecule has 1 atom stereocenters. The Kier molecular flexibility index (Phi) is 5.93. The van der Waals surface area contributed by atoms with Gasteiger partial charge in [0.05, 0.1) is 31.2 Å². The van der Waals surface area contributed by atoms with E-state index in [0.29, 0.717) is 41.1 Å². The number of methoxy groups -OCH3 is 2. The maximum Gasteiger partial charge on any atom is 0.290 e. The molecule has 0 fully saturated rings. The first-order valence-corrected chi connectivity index (χ1v) is 10.7. The van der Waals surface area contributed by atoms with E-state index in [9.17, 15) is 9.59 Å². The third-order valence-corrected chi connectivity index (χ3v) is 5.95. The Balaban J connectivity index is 1.94. The number of fused-ring (bicyclic) bond motifs is 2. The molecule has 32 heavy (non-hydrogen) atoms. The molecule has 2 aromatic carbocycles. The number of carbonyl (C=O) groups is 1. The summed E-state index contributed by atoms with van der Waals surface area (Å²) >= 11 is 0. The molecule has 0 spiro atoms. The highest BCUT2D eigenvalue weighted by Crippen LogP contribution is 2.40. The molecule has 4 rings (SSSR count). The van der Waals surface area contributed by atoms with Crippen LogP contribution in [0.5, 0.6) is 11.5 Å². The second-order valence-electron chi connectivity index (χ2n) is 8.18. The normalized spacial score (nSPS) is 15.5. The minimum Gasteiger partial charge on any atom is -0.493 e. The minimum atomic E-state index is -0.566. The van der Waals surface area contributed by atoms with Crippen LogP contribution in [0, 0.1) is 0 Å². The van der Waals surface area contributed by atoms with Crippen LogP contribution in [-0.4, -0.2) is 57.1 Å². The number of hydrogen-bond donors (Lipinski definition) is 0. The van der Waals surface area contributed by atoms with Crippen molar-refractivity contribution in [2.45, 2.75) is 19.4 Å². The molecule has 1 aliphatic rings. The molecule has 0 saturated heterocycles. The average molecular weight is 437 g/mol. The number of hydrogen-bond acceptors (Lipinski definition) is 6. The quantitative estimate of drug-likeness (QED) is 0.565. The average Bonchev–Trinajstić information content (AvgIpc) is 3.08. The first kappa shape index (κ1) is 21.9. The smallest absolute Gasteiger partial charge is 0.290 e. The van der Waals surface area contributed by atoms with Crippen LogP contribution in [0.4, 0.5) is 0 Å². The minimum absolute atomic E-state index is 0.116. The Bertz CT molecular complexity index is 1230. The number of nitrogens with zero attached hydrogens (tertiary/aromatic N) is 2. The van der Waals surface area contributed by atoms with Gasteiger partial charge in [-0.15, -0.1) is 0 Å². The summed E-state index contributed by atoms with van der Waals surface area (Å²) in [6.45, 7) is 3.14. The lowest BCUT2D eigenvalue weighted by Gasteiger charge is -2.27. The fraction of sp³-hybridized carbons (Fsp3) is 0.360. The lowest BCUT2D eigenvalue weighted by Crippen LogP contribution is -2.35. The van der Waals surface area contributed by atoms with Gasteiger partial charge in [-0.3, -0.25) is 9.59 Å². The molecule has 1 aromatic heterocycles. The van der Waals surface area contributed by atoms with Gasteiger partial charge in [0.25, 0.3) is 5.91 Å². The molecule has 1 amide bonds. The first-order chi connectivity index (χ1) is 15.4. The van der Waals surface area contributed by atoms with E-state index < -0.39 is 6.04 Å². The van der Waals surface area contributed by atoms with E-state index in [1.165, 1.54) is 0 Å². The number of rotatable bonds is 7. The number of aryl methyl sites for hydroxylation is 1. The van der Waals surface area contributed by atoms with Crippen LogP contribution in [0.3, 0.4) is 0 Å². The van der Waals surface area contributed by atoms with Crippen molar-refractivity contribution in [3.05, 3.63) is 69.1 Å². The molecule has 1 aliphatic heterocycles. The highest BCUT2D eigenvalue weighted by molar-refractivity contribution is 5.99. The van der Waals surface area contributed by atoms with Crippen LogP contribution >= 0.6 is 0 Å². The SMILES string of the molecule is CCc1ccc2oc3c(c(=O)c2c1)C(c1ccc(OC)c(OC)c1)N(CCN(C)C)C3=O. The van der Waals surface area contributed by atoms with Crippen molar-refractivity contribution in [2.24, 2.45) is 0 Å². The van der Waals surface area contributed by atoms with Crippen molar-refractivity contribution >= 4 is 16.9 Å². The van der Waals surface area contributed by atoms with Crippen LogP contribution < -0.4 is 14.9 Å². The zero-order chi connectivity index (χ0) is 23.0. The highest BCUT2D eigenvalue weighted by Gasteiger charge is 2.42. The van der Waals surface area contributed by atoms with E-state index in [4.69, 9.17) is 13.9 Å². The molecule has 0 aliphatic carbocycles. The number of ether oxygens (including phenoxy) is 2. The van der Waals surface area contributed by atoms with Crippen molar-refractivity contribution in [3.8, 4) is 11.5 Å². The maximum absolute atomic E-state index is 13.7. The predicted octanol–water partition coefficient (Wildman–Crippen LogP) is 3.48. The van der Waals surface area contributed by atoms with Crippen molar-refractivity contribution < 1.29 is 18.7 Å². The van der Waals surface area contributed by atoms with Gasteiger partial charge in [0.15, 0.2) is 16.9 Å². The van der Waals surface area contributed by atoms with Gasteiger partial charge in [0.1, 0.15) is 5.58 Å². The van der Waals surface area contributed by atoms with Crippen LogP contribution in [0.1, 0.15) is 40.2 Å². The predicted molar refractivity (Wildman–Crippen MR) is 123 cm³/mol. The van der Waals surface area contributed by atoms with E-state index in [1.54, 1.807) is 31.3 Å². The summed E-state index contributed by atoms with van der Waals surface area (Å²) < 4.78 is 16.9. The largest absolute Gasteiger partial charge is 0.493 e. The summed E-state index contributed by atoms with van der Waals surface area (Å²) in [4.78, 5) is 30.8. The second kappa shape index (κ2) is 8.67. The lowest BCUT2D eigenvalue weighted by molar-refractivity contribution is 0.0716. The van der Waals surface area contributed by atoms with Gasteiger partial charge >= 0.3 is 0 Å². The molecule has 3 aromatic rings. The van der Waals surface area contributed by atoms with Crippen molar-refractivity contribution in [2.75, 3.05) is 41.4 Å². The molecule has 0 radical (unpaired) electrons. The summed E-state index contributed by atoms with van der Waals surface area (Å²) in [5, 5.41) is 0.496. The molecule has 2 heterocycles. The molecule has 7 nitrogen and oxygen atoms in total. The Morgan fingerprint density at radius 1 is 1.03 bits per heavy atom. The molecule has 0 N–H and O–H groups in total. The highest BCUT2D eigenvalue weighted by atomic mass is 16.5. The van der Waals surface area contributed by atoms with Crippen LogP contribution in [0.25, 0.3) is 11.0 Å². The first-order valence-electron chi connectivity index (χ1n) is 10.7. The third-order valence-electron chi connectivity index (χ3n) is 5.95. The van der Waals surface area contributed by atoms with E-state index >= 15 is 0 Å². The topological polar surface area (TPSA) is 72.2 Å². The molecule has 7 heteroatoms. The lowest BCUT2D eigenvalue weighted by atomic mass is 9.97. The second-order valence-corrected chi connectivity index (χ2v) is 8.18.